The van der Waals surface area contributed by atoms with Crippen molar-refractivity contribution in [3.05, 3.63) is 17.0 Å². The van der Waals surface area contributed by atoms with E-state index in [-0.39, 0.29) is 33.5 Å². The van der Waals surface area contributed by atoms with Crippen molar-refractivity contribution >= 4 is 34.3 Å². The molecule has 142 valence electrons. The maximum absolute atomic E-state index is 8.48. The number of rotatable bonds is 1. The van der Waals surface area contributed by atoms with Crippen molar-refractivity contribution in [2.75, 3.05) is 25.1 Å². The van der Waals surface area contributed by atoms with Crippen LogP contribution in [0.15, 0.2) is 6.20 Å². The summed E-state index contributed by atoms with van der Waals surface area (Å²) in [5, 5.41) is 10.6. The molecule has 5 rings (SSSR count). The molecule has 2 bridgehead atoms. The van der Waals surface area contributed by atoms with Gasteiger partial charge in [0, 0.05) is 39.1 Å². The fourth-order valence-electron chi connectivity index (χ4n) is 3.06. The lowest BCUT2D eigenvalue weighted by atomic mass is 10.1. The normalized spacial score (nSPS) is 29.0. The van der Waals surface area contributed by atoms with Gasteiger partial charge in [-0.05, 0) is 19.7 Å². The molecular weight excluding hydrogens is 370 g/mol. The standard InChI is InChI=1S/C17H20ClN7O2/c1-10-13-16(23-25(10)11-3-7-26-8-4-11)27-6-2-5-24-15-12(14(18)22-24)9-19-17(20-13)21-15/h9,11H,2-8H2,1H3,(H,19,20,21)/i1D3,2D2,5D2,6D2. The van der Waals surface area contributed by atoms with Gasteiger partial charge < -0.3 is 14.8 Å². The zero-order valence-electron chi connectivity index (χ0n) is 22.9. The van der Waals surface area contributed by atoms with Gasteiger partial charge in [0.1, 0.15) is 5.69 Å². The SMILES string of the molecule is [2H]C([2H])([2H])c1c2c(nn1C1CCOCC1)OC([2H])([2H])C([2H])([2H])C([2H])([2H])n1nc(Cl)c3cnc(nc31)N2. The number of ether oxygens (including phenoxy) is 2. The minimum Gasteiger partial charge on any atom is -0.475 e. The molecule has 0 amide bonds. The Balaban J connectivity index is 1.81. The van der Waals surface area contributed by atoms with Gasteiger partial charge in [-0.15, -0.1) is 5.10 Å². The molecule has 2 aliphatic heterocycles. The third-order valence-electron chi connectivity index (χ3n) is 4.39. The zero-order valence-corrected chi connectivity index (χ0v) is 14.6. The highest BCUT2D eigenvalue weighted by Gasteiger charge is 2.25. The van der Waals surface area contributed by atoms with Crippen LogP contribution in [0.25, 0.3) is 11.0 Å². The molecule has 0 radical (unpaired) electrons. The smallest absolute Gasteiger partial charge is 0.257 e. The second-order valence-corrected chi connectivity index (χ2v) is 6.37. The van der Waals surface area contributed by atoms with E-state index in [2.05, 4.69) is 25.5 Å². The third-order valence-corrected chi connectivity index (χ3v) is 4.67. The van der Waals surface area contributed by atoms with Crippen LogP contribution in [0.1, 0.15) is 43.3 Å². The van der Waals surface area contributed by atoms with E-state index in [1.54, 1.807) is 0 Å². The van der Waals surface area contributed by atoms with E-state index < -0.39 is 38.2 Å². The Morgan fingerprint density at radius 2 is 2.26 bits per heavy atom. The molecule has 1 fully saturated rings. The minimum absolute atomic E-state index is 0.0804. The average molecular weight is 399 g/mol. The molecule has 3 aromatic rings. The highest BCUT2D eigenvalue weighted by atomic mass is 35.5. The van der Waals surface area contributed by atoms with Gasteiger partial charge in [0.05, 0.1) is 29.2 Å². The fraction of sp³-hybridized carbons (Fsp3) is 0.529. The average Bonchev–Trinajstić information content (AvgIpc) is 3.31. The van der Waals surface area contributed by atoms with E-state index in [9.17, 15) is 0 Å². The number of fused-ring (bicyclic) bond motifs is 2. The molecule has 5 heterocycles. The molecule has 2 aliphatic rings. The highest BCUT2D eigenvalue weighted by molar-refractivity contribution is 6.34. The monoisotopic (exact) mass is 398 g/mol. The Kier molecular flexibility index (Phi) is 2.39. The summed E-state index contributed by atoms with van der Waals surface area (Å²) in [4.78, 5) is 8.31. The molecule has 1 N–H and O–H groups in total. The number of halogens is 1. The van der Waals surface area contributed by atoms with Gasteiger partial charge in [-0.1, -0.05) is 11.6 Å². The number of aromatic nitrogens is 6. The molecule has 0 saturated carbocycles. The second-order valence-electron chi connectivity index (χ2n) is 6.02. The van der Waals surface area contributed by atoms with Crippen LogP contribution in [-0.4, -0.2) is 49.3 Å². The van der Waals surface area contributed by atoms with Crippen molar-refractivity contribution in [3.63, 3.8) is 0 Å². The van der Waals surface area contributed by atoms with Gasteiger partial charge >= 0.3 is 0 Å². The van der Waals surface area contributed by atoms with Crippen molar-refractivity contribution in [2.24, 2.45) is 0 Å². The Bertz CT molecular complexity index is 1330. The molecule has 1 saturated heterocycles. The van der Waals surface area contributed by atoms with E-state index in [4.69, 9.17) is 33.4 Å². The molecule has 0 unspecified atom stereocenters. The van der Waals surface area contributed by atoms with E-state index >= 15 is 0 Å². The Morgan fingerprint density at radius 1 is 1.37 bits per heavy atom. The maximum Gasteiger partial charge on any atom is 0.257 e. The largest absolute Gasteiger partial charge is 0.475 e. The van der Waals surface area contributed by atoms with Crippen LogP contribution < -0.4 is 10.1 Å². The van der Waals surface area contributed by atoms with E-state index in [0.29, 0.717) is 30.7 Å². The number of nitrogens with zero attached hydrogens (tertiary/aromatic N) is 6. The summed E-state index contributed by atoms with van der Waals surface area (Å²) in [5.74, 6) is -0.792. The van der Waals surface area contributed by atoms with Gasteiger partial charge in [-0.2, -0.15) is 10.1 Å². The molecular formula is C17H20ClN7O2. The van der Waals surface area contributed by atoms with E-state index in [1.165, 1.54) is 10.9 Å². The fourth-order valence-corrected chi connectivity index (χ4v) is 3.27. The molecule has 3 aromatic heterocycles. The zero-order chi connectivity index (χ0) is 26.3. The summed E-state index contributed by atoms with van der Waals surface area (Å²) in [6.07, 6.45) is -1.33. The van der Waals surface area contributed by atoms with Crippen molar-refractivity contribution in [1.29, 1.82) is 0 Å². The molecule has 0 atom stereocenters. The van der Waals surface area contributed by atoms with Crippen molar-refractivity contribution in [3.8, 4) is 5.88 Å². The summed E-state index contributed by atoms with van der Waals surface area (Å²) in [7, 11) is 0. The predicted molar refractivity (Wildman–Crippen MR) is 99.8 cm³/mol. The molecule has 9 nitrogen and oxygen atoms in total. The van der Waals surface area contributed by atoms with Gasteiger partial charge in [-0.25, -0.2) is 9.67 Å². The van der Waals surface area contributed by atoms with Gasteiger partial charge in [0.25, 0.3) is 5.88 Å². The highest BCUT2D eigenvalue weighted by Crippen LogP contribution is 2.34. The first-order valence-corrected chi connectivity index (χ1v) is 8.61. The third kappa shape index (κ3) is 2.90. The lowest BCUT2D eigenvalue weighted by Crippen LogP contribution is -2.21. The van der Waals surface area contributed by atoms with Gasteiger partial charge in [0.2, 0.25) is 5.95 Å². The van der Waals surface area contributed by atoms with Crippen molar-refractivity contribution < 1.29 is 21.8 Å². The van der Waals surface area contributed by atoms with Crippen LogP contribution >= 0.6 is 11.6 Å². The number of aryl methyl sites for hydroxylation is 1. The number of nitrogens with one attached hydrogen (secondary N) is 1. The first-order chi connectivity index (χ1) is 16.6. The maximum atomic E-state index is 8.48. The number of hydrogen-bond acceptors (Lipinski definition) is 7. The van der Waals surface area contributed by atoms with Crippen LogP contribution in [0.4, 0.5) is 11.6 Å². The first-order valence-electron chi connectivity index (χ1n) is 12.7. The van der Waals surface area contributed by atoms with Crippen LogP contribution in [-0.2, 0) is 11.2 Å². The van der Waals surface area contributed by atoms with Gasteiger partial charge in [0.15, 0.2) is 10.8 Å². The van der Waals surface area contributed by atoms with Crippen LogP contribution in [0.5, 0.6) is 5.88 Å². The molecule has 27 heavy (non-hydrogen) atoms. The number of anilines is 2. The van der Waals surface area contributed by atoms with Crippen LogP contribution in [0.2, 0.25) is 5.15 Å². The van der Waals surface area contributed by atoms with E-state index in [1.807, 2.05) is 0 Å². The molecule has 0 aliphatic carbocycles. The molecule has 0 aromatic carbocycles. The quantitative estimate of drug-likeness (QED) is 0.673. The van der Waals surface area contributed by atoms with E-state index in [0.717, 1.165) is 0 Å². The number of hydrogen-bond donors (Lipinski definition) is 1. The minimum atomic E-state index is -3.41. The van der Waals surface area contributed by atoms with Crippen molar-refractivity contribution in [1.82, 2.24) is 29.5 Å². The van der Waals surface area contributed by atoms with Crippen molar-refractivity contribution in [2.45, 2.75) is 38.6 Å². The second kappa shape index (κ2) is 6.65. The summed E-state index contributed by atoms with van der Waals surface area (Å²) in [5.41, 5.74) is -0.851. The lowest BCUT2D eigenvalue weighted by Gasteiger charge is -2.23. The first kappa shape index (κ1) is 9.70. The summed E-state index contributed by atoms with van der Waals surface area (Å²) >= 11 is 6.10. The lowest BCUT2D eigenvalue weighted by molar-refractivity contribution is 0.0652. The van der Waals surface area contributed by atoms with Gasteiger partial charge in [-0.3, -0.25) is 4.68 Å². The molecule has 10 heteroatoms. The van der Waals surface area contributed by atoms with Crippen LogP contribution in [0, 0.1) is 6.85 Å². The topological polar surface area (TPSA) is 91.9 Å². The Morgan fingerprint density at radius 3 is 3.11 bits per heavy atom. The Labute approximate surface area is 173 Å². The van der Waals surface area contributed by atoms with Crippen LogP contribution in [0.3, 0.4) is 0 Å². The molecule has 0 spiro atoms. The summed E-state index contributed by atoms with van der Waals surface area (Å²) < 4.78 is 87.5. The summed E-state index contributed by atoms with van der Waals surface area (Å²) in [6.45, 7) is -8.59. The Hall–Kier alpha value is -2.39. The predicted octanol–water partition coefficient (Wildman–Crippen LogP) is 2.86. The summed E-state index contributed by atoms with van der Waals surface area (Å²) in [6, 6.07) is -0.419.